The molecule has 2 unspecified atom stereocenters. The number of piperazine rings is 1. The molecular weight excluding hydrogens is 256 g/mol. The van der Waals surface area contributed by atoms with E-state index in [9.17, 15) is 0 Å². The van der Waals surface area contributed by atoms with Gasteiger partial charge in [0, 0.05) is 30.9 Å². The topological polar surface area (TPSA) is 15.3 Å². The van der Waals surface area contributed by atoms with Gasteiger partial charge in [0.05, 0.1) is 0 Å². The predicted molar refractivity (Wildman–Crippen MR) is 91.1 cm³/mol. The van der Waals surface area contributed by atoms with Crippen molar-refractivity contribution in [2.45, 2.75) is 65.0 Å². The van der Waals surface area contributed by atoms with E-state index in [4.69, 9.17) is 0 Å². The number of hydrogen-bond donors (Lipinski definition) is 1. The van der Waals surface area contributed by atoms with Gasteiger partial charge in [0.15, 0.2) is 0 Å². The summed E-state index contributed by atoms with van der Waals surface area (Å²) in [5, 5.41) is 3.76. The maximum atomic E-state index is 3.76. The SMILES string of the molecule is CCCC1CN(c2ccc3c(c2)CCC3)C(C(C)C)CN1. The Bertz CT molecular complexity index is 480. The van der Waals surface area contributed by atoms with Gasteiger partial charge in [-0.25, -0.2) is 0 Å². The second kappa shape index (κ2) is 6.39. The van der Waals surface area contributed by atoms with Crippen molar-refractivity contribution in [3.05, 3.63) is 29.3 Å². The molecule has 2 nitrogen and oxygen atoms in total. The van der Waals surface area contributed by atoms with Gasteiger partial charge in [0.25, 0.3) is 0 Å². The Morgan fingerprint density at radius 3 is 2.81 bits per heavy atom. The molecule has 1 aromatic rings. The smallest absolute Gasteiger partial charge is 0.0438 e. The molecule has 1 aliphatic carbocycles. The van der Waals surface area contributed by atoms with Crippen LogP contribution < -0.4 is 10.2 Å². The van der Waals surface area contributed by atoms with Crippen molar-refractivity contribution in [3.63, 3.8) is 0 Å². The first-order chi connectivity index (χ1) is 10.2. The summed E-state index contributed by atoms with van der Waals surface area (Å²) in [5.74, 6) is 0.688. The number of benzene rings is 1. The first-order valence-corrected chi connectivity index (χ1v) is 8.81. The summed E-state index contributed by atoms with van der Waals surface area (Å²) in [7, 11) is 0. The van der Waals surface area contributed by atoms with Crippen LogP contribution in [0, 0.1) is 5.92 Å². The number of aryl methyl sites for hydroxylation is 2. The minimum atomic E-state index is 0.623. The van der Waals surface area contributed by atoms with Crippen molar-refractivity contribution >= 4 is 5.69 Å². The quantitative estimate of drug-likeness (QED) is 0.906. The van der Waals surface area contributed by atoms with Gasteiger partial charge in [-0.1, -0.05) is 33.3 Å². The number of fused-ring (bicyclic) bond motifs is 1. The fourth-order valence-electron chi connectivity index (χ4n) is 4.01. The molecule has 0 aromatic heterocycles. The third-order valence-corrected chi connectivity index (χ3v) is 5.25. The first kappa shape index (κ1) is 14.9. The number of nitrogens with one attached hydrogen (secondary N) is 1. The Morgan fingerprint density at radius 2 is 2.05 bits per heavy atom. The lowest BCUT2D eigenvalue weighted by atomic mass is 9.95. The van der Waals surface area contributed by atoms with E-state index in [0.717, 1.165) is 13.1 Å². The highest BCUT2D eigenvalue weighted by atomic mass is 15.2. The number of hydrogen-bond acceptors (Lipinski definition) is 2. The summed E-state index contributed by atoms with van der Waals surface area (Å²) in [6.45, 7) is 9.28. The number of nitrogens with zero attached hydrogens (tertiary/aromatic N) is 1. The van der Waals surface area contributed by atoms with Gasteiger partial charge in [-0.05, 0) is 54.9 Å². The molecule has 1 N–H and O–H groups in total. The molecule has 3 rings (SSSR count). The zero-order valence-corrected chi connectivity index (χ0v) is 13.9. The Labute approximate surface area is 129 Å². The standard InChI is InChI=1S/C19H30N2/c1-4-6-17-13-21(19(12-20-17)14(2)3)18-10-9-15-7-5-8-16(15)11-18/h9-11,14,17,19-20H,4-8,12-13H2,1-3H3. The molecule has 0 radical (unpaired) electrons. The zero-order chi connectivity index (χ0) is 14.8. The first-order valence-electron chi connectivity index (χ1n) is 8.81. The van der Waals surface area contributed by atoms with Crippen molar-refractivity contribution in [2.75, 3.05) is 18.0 Å². The molecule has 2 heteroatoms. The molecule has 0 spiro atoms. The van der Waals surface area contributed by atoms with E-state index in [1.807, 2.05) is 0 Å². The summed E-state index contributed by atoms with van der Waals surface area (Å²) in [4.78, 5) is 2.68. The van der Waals surface area contributed by atoms with E-state index in [-0.39, 0.29) is 0 Å². The van der Waals surface area contributed by atoms with E-state index < -0.39 is 0 Å². The van der Waals surface area contributed by atoms with E-state index in [1.54, 1.807) is 11.1 Å². The van der Waals surface area contributed by atoms with Crippen molar-refractivity contribution in [1.82, 2.24) is 5.32 Å². The second-order valence-electron chi connectivity index (χ2n) is 7.16. The van der Waals surface area contributed by atoms with Crippen LogP contribution in [-0.2, 0) is 12.8 Å². The van der Waals surface area contributed by atoms with Crippen LogP contribution in [0.4, 0.5) is 5.69 Å². The molecule has 1 aromatic carbocycles. The van der Waals surface area contributed by atoms with Crippen LogP contribution in [0.5, 0.6) is 0 Å². The van der Waals surface area contributed by atoms with Gasteiger partial charge in [-0.15, -0.1) is 0 Å². The van der Waals surface area contributed by atoms with E-state index in [1.165, 1.54) is 37.8 Å². The van der Waals surface area contributed by atoms with Crippen LogP contribution in [-0.4, -0.2) is 25.2 Å². The number of rotatable bonds is 4. The average molecular weight is 286 g/mol. The average Bonchev–Trinajstić information content (AvgIpc) is 2.94. The van der Waals surface area contributed by atoms with Crippen molar-refractivity contribution < 1.29 is 0 Å². The Balaban J connectivity index is 1.84. The summed E-state index contributed by atoms with van der Waals surface area (Å²) in [5.41, 5.74) is 4.64. The lowest BCUT2D eigenvalue weighted by Gasteiger charge is -2.44. The van der Waals surface area contributed by atoms with Gasteiger partial charge >= 0.3 is 0 Å². The summed E-state index contributed by atoms with van der Waals surface area (Å²) >= 11 is 0. The summed E-state index contributed by atoms with van der Waals surface area (Å²) in [6, 6.07) is 8.50. The minimum Gasteiger partial charge on any atom is -0.365 e. The fraction of sp³-hybridized carbons (Fsp3) is 0.684. The monoisotopic (exact) mass is 286 g/mol. The Morgan fingerprint density at radius 1 is 1.24 bits per heavy atom. The molecule has 0 saturated carbocycles. The maximum absolute atomic E-state index is 3.76. The minimum absolute atomic E-state index is 0.623. The molecule has 2 atom stereocenters. The van der Waals surface area contributed by atoms with E-state index >= 15 is 0 Å². The van der Waals surface area contributed by atoms with Crippen LogP contribution in [0.15, 0.2) is 18.2 Å². The van der Waals surface area contributed by atoms with Gasteiger partial charge in [-0.3, -0.25) is 0 Å². The maximum Gasteiger partial charge on any atom is 0.0438 e. The van der Waals surface area contributed by atoms with E-state index in [0.29, 0.717) is 18.0 Å². The van der Waals surface area contributed by atoms with Gasteiger partial charge in [-0.2, -0.15) is 0 Å². The van der Waals surface area contributed by atoms with Gasteiger partial charge in [0.1, 0.15) is 0 Å². The summed E-state index contributed by atoms with van der Waals surface area (Å²) < 4.78 is 0. The Hall–Kier alpha value is -1.02. The summed E-state index contributed by atoms with van der Waals surface area (Å²) in [6.07, 6.45) is 6.45. The molecule has 1 fully saturated rings. The highest BCUT2D eigenvalue weighted by Gasteiger charge is 2.30. The molecule has 116 valence electrons. The lowest BCUT2D eigenvalue weighted by Crippen LogP contribution is -2.58. The zero-order valence-electron chi connectivity index (χ0n) is 13.9. The third-order valence-electron chi connectivity index (χ3n) is 5.25. The van der Waals surface area contributed by atoms with Crippen LogP contribution in [0.2, 0.25) is 0 Å². The van der Waals surface area contributed by atoms with Crippen LogP contribution in [0.1, 0.15) is 51.2 Å². The highest BCUT2D eigenvalue weighted by molar-refractivity contribution is 5.53. The number of anilines is 1. The van der Waals surface area contributed by atoms with Crippen molar-refractivity contribution in [2.24, 2.45) is 5.92 Å². The lowest BCUT2D eigenvalue weighted by molar-refractivity contribution is 0.327. The predicted octanol–water partition coefficient (Wildman–Crippen LogP) is 3.78. The van der Waals surface area contributed by atoms with Crippen molar-refractivity contribution in [3.8, 4) is 0 Å². The largest absolute Gasteiger partial charge is 0.365 e. The normalized spacial score (nSPS) is 25.4. The highest BCUT2D eigenvalue weighted by Crippen LogP contribution is 2.30. The molecule has 2 aliphatic rings. The van der Waals surface area contributed by atoms with Gasteiger partial charge < -0.3 is 10.2 Å². The molecule has 1 aliphatic heterocycles. The Kier molecular flexibility index (Phi) is 4.54. The van der Waals surface area contributed by atoms with Crippen LogP contribution >= 0.6 is 0 Å². The third kappa shape index (κ3) is 3.11. The fourth-order valence-corrected chi connectivity index (χ4v) is 4.01. The van der Waals surface area contributed by atoms with Gasteiger partial charge in [0.2, 0.25) is 0 Å². The van der Waals surface area contributed by atoms with Crippen LogP contribution in [0.25, 0.3) is 0 Å². The molecule has 21 heavy (non-hydrogen) atoms. The second-order valence-corrected chi connectivity index (χ2v) is 7.16. The molecule has 0 amide bonds. The molecule has 0 bridgehead atoms. The van der Waals surface area contributed by atoms with Crippen LogP contribution in [0.3, 0.4) is 0 Å². The molecular formula is C19H30N2. The van der Waals surface area contributed by atoms with E-state index in [2.05, 4.69) is 49.2 Å². The van der Waals surface area contributed by atoms with Crippen molar-refractivity contribution in [1.29, 1.82) is 0 Å². The molecule has 1 saturated heterocycles. The molecule has 1 heterocycles.